The van der Waals surface area contributed by atoms with Crippen molar-refractivity contribution in [2.24, 2.45) is 0 Å². The van der Waals surface area contributed by atoms with Crippen molar-refractivity contribution >= 4 is 5.97 Å². The summed E-state index contributed by atoms with van der Waals surface area (Å²) in [7, 11) is 4.44. The molecule has 0 aliphatic rings. The normalized spacial score (nSPS) is 10.7. The second-order valence-corrected chi connectivity index (χ2v) is 5.24. The lowest BCUT2D eigenvalue weighted by Gasteiger charge is -2.27. The van der Waals surface area contributed by atoms with Crippen LogP contribution in [0.5, 0.6) is 0 Å². The van der Waals surface area contributed by atoms with Gasteiger partial charge < -0.3 is 19.5 Å². The molecule has 0 atom stereocenters. The molecule has 0 saturated heterocycles. The molecule has 0 heterocycles. The molecule has 110 valence electrons. The number of carboxylic acids is 1. The van der Waals surface area contributed by atoms with Crippen LogP contribution in [-0.4, -0.2) is 49.4 Å². The number of carbonyl (C=O) groups is 1. The van der Waals surface area contributed by atoms with Crippen LogP contribution in [0.25, 0.3) is 0 Å². The van der Waals surface area contributed by atoms with Gasteiger partial charge in [-0.1, -0.05) is 19.8 Å². The van der Waals surface area contributed by atoms with Gasteiger partial charge in [-0.3, -0.25) is 0 Å². The molecule has 0 bridgehead atoms. The van der Waals surface area contributed by atoms with E-state index in [0.717, 1.165) is 36.6 Å². The number of carbonyl (C=O) groups excluding carboxylic acids is 1. The second kappa shape index (κ2) is 12.8. The standard InChI is InChI=1S/C8H20NO.C6H12O2/c1-4-9(2,3)7-5-6-8-10;1-2-3-4-5-6(7)8/h10H,4-8H2,1-3H3;2-5H2,1H3,(H,7,8)/q+1;/p-1. The Bertz CT molecular complexity index is 193. The molecule has 0 saturated carbocycles. The van der Waals surface area contributed by atoms with E-state index in [1.807, 2.05) is 6.92 Å². The van der Waals surface area contributed by atoms with Gasteiger partial charge in [-0.2, -0.15) is 0 Å². The van der Waals surface area contributed by atoms with E-state index in [1.165, 1.54) is 13.1 Å². The summed E-state index contributed by atoms with van der Waals surface area (Å²) in [6, 6.07) is 0. The Morgan fingerprint density at radius 1 is 1.11 bits per heavy atom. The Labute approximate surface area is 112 Å². The van der Waals surface area contributed by atoms with E-state index in [9.17, 15) is 9.90 Å². The number of aliphatic carboxylic acids is 1. The monoisotopic (exact) mass is 261 g/mol. The first-order valence-electron chi connectivity index (χ1n) is 7.02. The highest BCUT2D eigenvalue weighted by Crippen LogP contribution is 1.99. The Morgan fingerprint density at radius 3 is 2.11 bits per heavy atom. The van der Waals surface area contributed by atoms with Gasteiger partial charge in [-0.05, 0) is 32.6 Å². The molecule has 0 aliphatic carbocycles. The van der Waals surface area contributed by atoms with Gasteiger partial charge >= 0.3 is 0 Å². The SMILES string of the molecule is CCCCCC(=O)[O-].CC[N+](C)(C)CCCCO. The van der Waals surface area contributed by atoms with Crippen molar-refractivity contribution in [3.05, 3.63) is 0 Å². The fourth-order valence-electron chi connectivity index (χ4n) is 1.33. The average molecular weight is 261 g/mol. The molecule has 0 aromatic rings. The number of unbranched alkanes of at least 4 members (excludes halogenated alkanes) is 3. The zero-order chi connectivity index (χ0) is 14.4. The van der Waals surface area contributed by atoms with Crippen molar-refractivity contribution in [1.82, 2.24) is 0 Å². The van der Waals surface area contributed by atoms with Crippen LogP contribution in [0.1, 0.15) is 52.4 Å². The van der Waals surface area contributed by atoms with Crippen molar-refractivity contribution in [2.75, 3.05) is 33.8 Å². The summed E-state index contributed by atoms with van der Waals surface area (Å²) in [5.41, 5.74) is 0. The Hall–Kier alpha value is -0.610. The largest absolute Gasteiger partial charge is 0.550 e. The zero-order valence-corrected chi connectivity index (χ0v) is 12.6. The quantitative estimate of drug-likeness (QED) is 0.501. The second-order valence-electron chi connectivity index (χ2n) is 5.24. The molecule has 0 radical (unpaired) electrons. The maximum atomic E-state index is 9.76. The summed E-state index contributed by atoms with van der Waals surface area (Å²) >= 11 is 0. The van der Waals surface area contributed by atoms with E-state index >= 15 is 0 Å². The molecule has 0 spiro atoms. The highest BCUT2D eigenvalue weighted by molar-refractivity contribution is 5.63. The summed E-state index contributed by atoms with van der Waals surface area (Å²) < 4.78 is 1.07. The minimum absolute atomic E-state index is 0.216. The highest BCUT2D eigenvalue weighted by atomic mass is 16.4. The molecule has 18 heavy (non-hydrogen) atoms. The first-order chi connectivity index (χ1) is 8.39. The van der Waals surface area contributed by atoms with Crippen LogP contribution in [0, 0.1) is 0 Å². The van der Waals surface area contributed by atoms with Gasteiger partial charge in [0.25, 0.3) is 0 Å². The van der Waals surface area contributed by atoms with Crippen LogP contribution in [0.4, 0.5) is 0 Å². The summed E-state index contributed by atoms with van der Waals surface area (Å²) in [5, 5.41) is 18.3. The van der Waals surface area contributed by atoms with Gasteiger partial charge in [-0.25, -0.2) is 0 Å². The number of hydrogen-bond donors (Lipinski definition) is 1. The van der Waals surface area contributed by atoms with Gasteiger partial charge in [0.2, 0.25) is 0 Å². The number of rotatable bonds is 9. The average Bonchev–Trinajstić information content (AvgIpc) is 2.30. The van der Waals surface area contributed by atoms with Gasteiger partial charge in [0.05, 0.1) is 27.2 Å². The van der Waals surface area contributed by atoms with Crippen molar-refractivity contribution in [2.45, 2.75) is 52.4 Å². The van der Waals surface area contributed by atoms with Crippen molar-refractivity contribution < 1.29 is 19.5 Å². The van der Waals surface area contributed by atoms with Gasteiger partial charge in [-0.15, -0.1) is 0 Å². The van der Waals surface area contributed by atoms with E-state index < -0.39 is 5.97 Å². The Morgan fingerprint density at radius 2 is 1.72 bits per heavy atom. The smallest absolute Gasteiger partial charge is 0.0783 e. The molecule has 0 aromatic carbocycles. The third-order valence-electron chi connectivity index (χ3n) is 3.01. The summed E-state index contributed by atoms with van der Waals surface area (Å²) in [5.74, 6) is -0.932. The topological polar surface area (TPSA) is 60.4 Å². The molecular weight excluding hydrogens is 230 g/mol. The molecule has 0 rings (SSSR count). The number of hydrogen-bond acceptors (Lipinski definition) is 3. The number of nitrogens with zero attached hydrogens (tertiary/aromatic N) is 1. The molecule has 0 unspecified atom stereocenters. The fraction of sp³-hybridized carbons (Fsp3) is 0.929. The van der Waals surface area contributed by atoms with Crippen LogP contribution >= 0.6 is 0 Å². The lowest BCUT2D eigenvalue weighted by atomic mass is 10.2. The van der Waals surface area contributed by atoms with Gasteiger partial charge in [0.15, 0.2) is 0 Å². The molecule has 4 nitrogen and oxygen atoms in total. The predicted molar refractivity (Wildman–Crippen MR) is 73.0 cm³/mol. The number of aliphatic hydroxyl groups is 1. The molecule has 1 N–H and O–H groups in total. The predicted octanol–water partition coefficient (Wildman–Crippen LogP) is 1.17. The first-order valence-corrected chi connectivity index (χ1v) is 7.02. The number of aliphatic hydroxyl groups excluding tert-OH is 1. The van der Waals surface area contributed by atoms with E-state index in [1.54, 1.807) is 0 Å². The summed E-state index contributed by atoms with van der Waals surface area (Å²) in [4.78, 5) is 9.76. The van der Waals surface area contributed by atoms with Crippen LogP contribution < -0.4 is 5.11 Å². The third-order valence-corrected chi connectivity index (χ3v) is 3.01. The van der Waals surface area contributed by atoms with Crippen molar-refractivity contribution in [1.29, 1.82) is 0 Å². The molecule has 0 aliphatic heterocycles. The molecule has 0 fully saturated rings. The van der Waals surface area contributed by atoms with E-state index in [0.29, 0.717) is 6.61 Å². The minimum atomic E-state index is -0.932. The third kappa shape index (κ3) is 17.8. The lowest BCUT2D eigenvalue weighted by molar-refractivity contribution is -0.888. The minimum Gasteiger partial charge on any atom is -0.550 e. The molecule has 0 aromatic heterocycles. The number of carboxylic acid groups (broad SMARTS) is 1. The molecular formula is C14H31NO3. The summed E-state index contributed by atoms with van der Waals surface area (Å²) in [6.45, 7) is 6.92. The van der Waals surface area contributed by atoms with Crippen molar-refractivity contribution in [3.8, 4) is 0 Å². The summed E-state index contributed by atoms with van der Waals surface area (Å²) in [6.07, 6.45) is 5.12. The van der Waals surface area contributed by atoms with Crippen LogP contribution in [0.3, 0.4) is 0 Å². The Balaban J connectivity index is 0. The van der Waals surface area contributed by atoms with Crippen LogP contribution in [-0.2, 0) is 4.79 Å². The van der Waals surface area contributed by atoms with Gasteiger partial charge in [0.1, 0.15) is 0 Å². The highest BCUT2D eigenvalue weighted by Gasteiger charge is 2.09. The Kier molecular flexibility index (Phi) is 14.1. The van der Waals surface area contributed by atoms with Crippen molar-refractivity contribution in [3.63, 3.8) is 0 Å². The lowest BCUT2D eigenvalue weighted by Crippen LogP contribution is -2.39. The van der Waals surface area contributed by atoms with Gasteiger partial charge in [0, 0.05) is 12.6 Å². The molecule has 4 heteroatoms. The zero-order valence-electron chi connectivity index (χ0n) is 12.6. The maximum absolute atomic E-state index is 9.76. The number of quaternary nitrogens is 1. The van der Waals surface area contributed by atoms with Crippen LogP contribution in [0.15, 0.2) is 0 Å². The van der Waals surface area contributed by atoms with Crippen LogP contribution in [0.2, 0.25) is 0 Å². The first kappa shape index (κ1) is 19.7. The fourth-order valence-corrected chi connectivity index (χ4v) is 1.33. The van der Waals surface area contributed by atoms with E-state index in [2.05, 4.69) is 21.0 Å². The molecule has 0 amide bonds. The van der Waals surface area contributed by atoms with E-state index in [-0.39, 0.29) is 6.42 Å². The van der Waals surface area contributed by atoms with E-state index in [4.69, 9.17) is 5.11 Å². The maximum Gasteiger partial charge on any atom is 0.0783 e.